The van der Waals surface area contributed by atoms with E-state index in [1.165, 1.54) is 164 Å². The molecule has 5 aromatic rings. The van der Waals surface area contributed by atoms with Gasteiger partial charge in [-0.25, -0.2) is 0 Å². The minimum atomic E-state index is 0.193. The Kier molecular flexibility index (Phi) is 8.27. The number of hydrogen-bond acceptors (Lipinski definition) is 2. The highest BCUT2D eigenvalue weighted by Gasteiger charge is 2.43. The van der Waals surface area contributed by atoms with Crippen molar-refractivity contribution in [3.63, 3.8) is 0 Å². The summed E-state index contributed by atoms with van der Waals surface area (Å²) in [6, 6.07) is 43.3. The molecule has 10 rings (SSSR count). The Morgan fingerprint density at radius 2 is 0.745 bits per heavy atom. The number of nitrogens with zero attached hydrogens (tertiary/aromatic N) is 2. The molecule has 0 atom stereocenters. The molecule has 0 spiro atoms. The number of para-hydroxylation sites is 2. The maximum atomic E-state index is 2.62. The minimum absolute atomic E-state index is 0.193. The molecule has 51 heavy (non-hydrogen) atoms. The van der Waals surface area contributed by atoms with Crippen molar-refractivity contribution in [2.24, 2.45) is 0 Å². The van der Waals surface area contributed by atoms with Gasteiger partial charge in [0.2, 0.25) is 0 Å². The summed E-state index contributed by atoms with van der Waals surface area (Å²) in [5.74, 6) is 2.03. The molecule has 0 amide bonds. The van der Waals surface area contributed by atoms with Crippen molar-refractivity contribution in [1.82, 2.24) is 0 Å². The van der Waals surface area contributed by atoms with E-state index in [1.807, 2.05) is 0 Å². The maximum Gasteiger partial charge on any atom is 0.252 e. The van der Waals surface area contributed by atoms with Crippen LogP contribution in [0.3, 0.4) is 0 Å². The first-order valence-corrected chi connectivity index (χ1v) is 20.5. The molecule has 3 heteroatoms. The fourth-order valence-corrected chi connectivity index (χ4v) is 10.8. The predicted molar refractivity (Wildman–Crippen MR) is 218 cm³/mol. The van der Waals surface area contributed by atoms with E-state index >= 15 is 0 Å². The standard InChI is InChI=1S/C48H51BN2/c1-4-14-34(15-5-1)37-24-28-40(29-25-37)50-44-22-12-10-20-42(44)49-43-21-11-13-23-45(43)51(41-30-26-38(27-31-41)35-16-6-2-7-17-35)47-33-39(32-46(50)48(47)49)36-18-8-3-9-19-36/h10-13,20-36H,1-9,14-19H2. The van der Waals surface area contributed by atoms with E-state index in [2.05, 4.69) is 119 Å². The molecule has 5 aromatic carbocycles. The number of rotatable bonds is 5. The molecule has 256 valence electrons. The van der Waals surface area contributed by atoms with Crippen molar-refractivity contribution in [2.75, 3.05) is 9.80 Å². The SMILES string of the molecule is c1ccc2c(c1)B1c3ccccc3N(c3ccc(C4CCCCC4)cc3)c3cc(C4CCCCC4)cc(c31)N2c1ccc(C2CCCCC2)cc1. The summed E-state index contributed by atoms with van der Waals surface area (Å²) in [5.41, 5.74) is 16.8. The Bertz CT molecular complexity index is 1880. The third-order valence-electron chi connectivity index (χ3n) is 13.4. The van der Waals surface area contributed by atoms with E-state index in [4.69, 9.17) is 0 Å². The third-order valence-corrected chi connectivity index (χ3v) is 13.4. The van der Waals surface area contributed by atoms with Gasteiger partial charge < -0.3 is 9.80 Å². The van der Waals surface area contributed by atoms with E-state index in [0.29, 0.717) is 17.8 Å². The van der Waals surface area contributed by atoms with E-state index in [9.17, 15) is 0 Å². The molecule has 0 saturated heterocycles. The zero-order valence-electron chi connectivity index (χ0n) is 30.2. The van der Waals surface area contributed by atoms with Crippen LogP contribution in [-0.2, 0) is 0 Å². The number of fused-ring (bicyclic) bond motifs is 4. The summed E-state index contributed by atoms with van der Waals surface area (Å²) in [5, 5.41) is 0. The fraction of sp³-hybridized carbons (Fsp3) is 0.375. The predicted octanol–water partition coefficient (Wildman–Crippen LogP) is 11.9. The largest absolute Gasteiger partial charge is 0.311 e. The van der Waals surface area contributed by atoms with Crippen LogP contribution >= 0.6 is 0 Å². The van der Waals surface area contributed by atoms with Crippen LogP contribution in [0.4, 0.5) is 34.1 Å². The van der Waals surface area contributed by atoms with Gasteiger partial charge in [-0.3, -0.25) is 0 Å². The summed E-state index contributed by atoms with van der Waals surface area (Å²) < 4.78 is 0. The van der Waals surface area contributed by atoms with Crippen molar-refractivity contribution >= 4 is 57.2 Å². The third kappa shape index (κ3) is 5.54. The van der Waals surface area contributed by atoms with Gasteiger partial charge in [0.15, 0.2) is 0 Å². The normalized spacial score (nSPS) is 19.4. The Labute approximate surface area is 306 Å². The van der Waals surface area contributed by atoms with E-state index in [-0.39, 0.29) is 6.71 Å². The van der Waals surface area contributed by atoms with Gasteiger partial charge in [-0.2, -0.15) is 0 Å². The number of hydrogen-bond donors (Lipinski definition) is 0. The van der Waals surface area contributed by atoms with E-state index < -0.39 is 0 Å². The first kappa shape index (κ1) is 31.5. The van der Waals surface area contributed by atoms with Gasteiger partial charge in [-0.05, 0) is 138 Å². The Hall–Kier alpha value is -4.24. The molecule has 2 aliphatic heterocycles. The van der Waals surface area contributed by atoms with Crippen LogP contribution in [0.15, 0.2) is 109 Å². The van der Waals surface area contributed by atoms with Crippen LogP contribution in [0.5, 0.6) is 0 Å². The lowest BCUT2D eigenvalue weighted by Crippen LogP contribution is -2.61. The lowest BCUT2D eigenvalue weighted by molar-refractivity contribution is 0.443. The van der Waals surface area contributed by atoms with Crippen LogP contribution < -0.4 is 26.2 Å². The van der Waals surface area contributed by atoms with Crippen molar-refractivity contribution in [1.29, 1.82) is 0 Å². The summed E-state index contributed by atoms with van der Waals surface area (Å²) in [6.07, 6.45) is 20.2. The highest BCUT2D eigenvalue weighted by atomic mass is 15.2. The van der Waals surface area contributed by atoms with Crippen LogP contribution in [0, 0.1) is 0 Å². The second-order valence-corrected chi connectivity index (χ2v) is 16.4. The highest BCUT2D eigenvalue weighted by molar-refractivity contribution is 7.00. The minimum Gasteiger partial charge on any atom is -0.311 e. The van der Waals surface area contributed by atoms with Crippen LogP contribution in [0.1, 0.15) is 131 Å². The maximum absolute atomic E-state index is 2.62. The molecule has 0 radical (unpaired) electrons. The number of anilines is 6. The Morgan fingerprint density at radius 1 is 0.373 bits per heavy atom. The molecule has 0 N–H and O–H groups in total. The molecule has 0 aromatic heterocycles. The topological polar surface area (TPSA) is 6.48 Å². The molecule has 0 unspecified atom stereocenters. The monoisotopic (exact) mass is 666 g/mol. The van der Waals surface area contributed by atoms with Crippen molar-refractivity contribution in [3.8, 4) is 0 Å². The van der Waals surface area contributed by atoms with Crippen LogP contribution in [0.25, 0.3) is 0 Å². The second-order valence-electron chi connectivity index (χ2n) is 16.4. The Balaban J connectivity index is 1.17. The summed E-state index contributed by atoms with van der Waals surface area (Å²) >= 11 is 0. The van der Waals surface area contributed by atoms with Gasteiger partial charge in [0.05, 0.1) is 0 Å². The van der Waals surface area contributed by atoms with Gasteiger partial charge in [0, 0.05) is 34.1 Å². The quantitative estimate of drug-likeness (QED) is 0.169. The molecule has 5 aliphatic rings. The van der Waals surface area contributed by atoms with Gasteiger partial charge >= 0.3 is 0 Å². The van der Waals surface area contributed by atoms with Gasteiger partial charge in [0.1, 0.15) is 0 Å². The molecule has 2 heterocycles. The average molecular weight is 667 g/mol. The van der Waals surface area contributed by atoms with E-state index in [0.717, 1.165) is 0 Å². The molecular formula is C48H51BN2. The summed E-state index contributed by atoms with van der Waals surface area (Å²) in [7, 11) is 0. The zero-order chi connectivity index (χ0) is 33.7. The smallest absolute Gasteiger partial charge is 0.252 e. The zero-order valence-corrected chi connectivity index (χ0v) is 30.2. The molecule has 3 fully saturated rings. The lowest BCUT2D eigenvalue weighted by Gasteiger charge is -2.45. The first-order chi connectivity index (χ1) is 25.3. The first-order valence-electron chi connectivity index (χ1n) is 20.5. The molecule has 0 bridgehead atoms. The fourth-order valence-electron chi connectivity index (χ4n) is 10.8. The average Bonchev–Trinajstić information content (AvgIpc) is 3.22. The summed E-state index contributed by atoms with van der Waals surface area (Å²) in [4.78, 5) is 5.25. The van der Waals surface area contributed by atoms with Crippen LogP contribution in [0.2, 0.25) is 0 Å². The molecular weight excluding hydrogens is 615 g/mol. The summed E-state index contributed by atoms with van der Waals surface area (Å²) in [6.45, 7) is 0.193. The van der Waals surface area contributed by atoms with Gasteiger partial charge in [0.25, 0.3) is 6.71 Å². The lowest BCUT2D eigenvalue weighted by atomic mass is 9.33. The van der Waals surface area contributed by atoms with Gasteiger partial charge in [-0.15, -0.1) is 0 Å². The van der Waals surface area contributed by atoms with Crippen molar-refractivity contribution < 1.29 is 0 Å². The Morgan fingerprint density at radius 3 is 1.16 bits per heavy atom. The van der Waals surface area contributed by atoms with E-state index in [1.54, 1.807) is 0 Å². The molecule has 3 saturated carbocycles. The van der Waals surface area contributed by atoms with Crippen LogP contribution in [-0.4, -0.2) is 6.71 Å². The second kappa shape index (κ2) is 13.4. The van der Waals surface area contributed by atoms with Gasteiger partial charge in [-0.1, -0.05) is 118 Å². The van der Waals surface area contributed by atoms with Crippen molar-refractivity contribution in [2.45, 2.75) is 114 Å². The van der Waals surface area contributed by atoms with Crippen molar-refractivity contribution in [3.05, 3.63) is 126 Å². The molecule has 2 nitrogen and oxygen atoms in total. The number of benzene rings is 5. The highest BCUT2D eigenvalue weighted by Crippen LogP contribution is 2.47. The molecule has 3 aliphatic carbocycles.